The molecule has 1 N–H and O–H groups in total. The smallest absolute Gasteiger partial charge is 0.224 e. The number of nitrogens with zero attached hydrogens (tertiary/aromatic N) is 1. The van der Waals surface area contributed by atoms with Crippen LogP contribution in [0, 0.1) is 17.2 Å². The highest BCUT2D eigenvalue weighted by atomic mass is 16.1. The molecule has 0 unspecified atom stereocenters. The van der Waals surface area contributed by atoms with Gasteiger partial charge >= 0.3 is 0 Å². The predicted octanol–water partition coefficient (Wildman–Crippen LogP) is 4.49. The summed E-state index contributed by atoms with van der Waals surface area (Å²) in [6.07, 6.45) is 6.67. The molecular weight excluding hydrogens is 248 g/mol. The number of benzene rings is 1. The second-order valence-electron chi connectivity index (χ2n) is 5.40. The fraction of sp³-hybridized carbons (Fsp3) is 0.529. The van der Waals surface area contributed by atoms with Crippen LogP contribution in [0.1, 0.15) is 57.9 Å². The SMILES string of the molecule is CCCCCC[C@H](C)CC(=O)Nc1ccc(C#N)cc1. The van der Waals surface area contributed by atoms with E-state index in [0.29, 0.717) is 17.9 Å². The van der Waals surface area contributed by atoms with Crippen molar-refractivity contribution in [3.63, 3.8) is 0 Å². The van der Waals surface area contributed by atoms with E-state index in [9.17, 15) is 4.79 Å². The van der Waals surface area contributed by atoms with Crippen molar-refractivity contribution in [1.82, 2.24) is 0 Å². The van der Waals surface area contributed by atoms with Gasteiger partial charge in [-0.1, -0.05) is 46.0 Å². The lowest BCUT2D eigenvalue weighted by atomic mass is 9.99. The van der Waals surface area contributed by atoms with E-state index in [1.165, 1.54) is 25.7 Å². The third kappa shape index (κ3) is 6.38. The standard InChI is InChI=1S/C17H24N2O/c1-3-4-5-6-7-14(2)12-17(20)19-16-10-8-15(13-18)9-11-16/h8-11,14H,3-7,12H2,1-2H3,(H,19,20)/t14-/m0/s1. The van der Waals surface area contributed by atoms with E-state index in [1.807, 2.05) is 0 Å². The minimum Gasteiger partial charge on any atom is -0.326 e. The summed E-state index contributed by atoms with van der Waals surface area (Å²) in [6.45, 7) is 4.33. The molecule has 0 fully saturated rings. The van der Waals surface area contributed by atoms with Crippen LogP contribution in [0.4, 0.5) is 5.69 Å². The van der Waals surface area contributed by atoms with Crippen LogP contribution in [0.2, 0.25) is 0 Å². The second-order valence-corrected chi connectivity index (χ2v) is 5.40. The van der Waals surface area contributed by atoms with Gasteiger partial charge < -0.3 is 5.32 Å². The second kappa shape index (κ2) is 9.14. The number of hydrogen-bond acceptors (Lipinski definition) is 2. The van der Waals surface area contributed by atoms with Crippen LogP contribution in [0.25, 0.3) is 0 Å². The topological polar surface area (TPSA) is 52.9 Å². The molecule has 0 radical (unpaired) electrons. The number of carbonyl (C=O) groups excluding carboxylic acids is 1. The van der Waals surface area contributed by atoms with Gasteiger partial charge in [-0.3, -0.25) is 4.79 Å². The first-order valence-electron chi connectivity index (χ1n) is 7.45. The van der Waals surface area contributed by atoms with E-state index in [4.69, 9.17) is 5.26 Å². The van der Waals surface area contributed by atoms with Gasteiger partial charge in [0.2, 0.25) is 5.91 Å². The van der Waals surface area contributed by atoms with E-state index in [0.717, 1.165) is 12.1 Å². The van der Waals surface area contributed by atoms with Crippen LogP contribution < -0.4 is 5.32 Å². The Hall–Kier alpha value is -1.82. The molecule has 1 rings (SSSR count). The number of anilines is 1. The maximum atomic E-state index is 11.9. The molecule has 0 spiro atoms. The Morgan fingerprint density at radius 1 is 1.25 bits per heavy atom. The largest absolute Gasteiger partial charge is 0.326 e. The van der Waals surface area contributed by atoms with Gasteiger partial charge in [-0.05, 0) is 30.2 Å². The van der Waals surface area contributed by atoms with Gasteiger partial charge in [-0.2, -0.15) is 5.26 Å². The number of carbonyl (C=O) groups is 1. The highest BCUT2D eigenvalue weighted by Crippen LogP contribution is 2.15. The molecule has 1 aromatic carbocycles. The molecule has 20 heavy (non-hydrogen) atoms. The zero-order chi connectivity index (χ0) is 14.8. The van der Waals surface area contributed by atoms with E-state index < -0.39 is 0 Å². The summed E-state index contributed by atoms with van der Waals surface area (Å²) in [5, 5.41) is 11.6. The Morgan fingerprint density at radius 2 is 1.95 bits per heavy atom. The molecule has 3 heteroatoms. The minimum absolute atomic E-state index is 0.0534. The number of nitrogens with one attached hydrogen (secondary N) is 1. The van der Waals surface area contributed by atoms with Crippen molar-refractivity contribution < 1.29 is 4.79 Å². The van der Waals surface area contributed by atoms with Crippen molar-refractivity contribution in [2.75, 3.05) is 5.32 Å². The van der Waals surface area contributed by atoms with Crippen LogP contribution in [0.15, 0.2) is 24.3 Å². The van der Waals surface area contributed by atoms with Gasteiger partial charge in [-0.25, -0.2) is 0 Å². The summed E-state index contributed by atoms with van der Waals surface area (Å²) < 4.78 is 0. The van der Waals surface area contributed by atoms with Gasteiger partial charge in [0, 0.05) is 12.1 Å². The molecule has 0 heterocycles. The molecule has 0 bridgehead atoms. The summed E-state index contributed by atoms with van der Waals surface area (Å²) >= 11 is 0. The zero-order valence-corrected chi connectivity index (χ0v) is 12.5. The third-order valence-corrected chi connectivity index (χ3v) is 3.38. The summed E-state index contributed by atoms with van der Waals surface area (Å²) in [7, 11) is 0. The van der Waals surface area contributed by atoms with Gasteiger partial charge in [0.1, 0.15) is 0 Å². The summed E-state index contributed by atoms with van der Waals surface area (Å²) in [6, 6.07) is 9.02. The first-order chi connectivity index (χ1) is 9.65. The average molecular weight is 272 g/mol. The number of amides is 1. The van der Waals surface area contributed by atoms with Crippen molar-refractivity contribution in [2.24, 2.45) is 5.92 Å². The van der Waals surface area contributed by atoms with Gasteiger partial charge in [0.05, 0.1) is 11.6 Å². The van der Waals surface area contributed by atoms with E-state index >= 15 is 0 Å². The molecule has 1 atom stereocenters. The summed E-state index contributed by atoms with van der Waals surface area (Å²) in [5.74, 6) is 0.475. The monoisotopic (exact) mass is 272 g/mol. The Kier molecular flexibility index (Phi) is 7.42. The number of hydrogen-bond donors (Lipinski definition) is 1. The van der Waals surface area contributed by atoms with Crippen LogP contribution in [0.5, 0.6) is 0 Å². The highest BCUT2D eigenvalue weighted by molar-refractivity contribution is 5.90. The van der Waals surface area contributed by atoms with Crippen molar-refractivity contribution in [2.45, 2.75) is 52.4 Å². The highest BCUT2D eigenvalue weighted by Gasteiger charge is 2.09. The lowest BCUT2D eigenvalue weighted by Crippen LogP contribution is -2.15. The summed E-state index contributed by atoms with van der Waals surface area (Å²) in [5.41, 5.74) is 1.36. The predicted molar refractivity (Wildman–Crippen MR) is 82.3 cm³/mol. The van der Waals surface area contributed by atoms with Gasteiger partial charge in [0.15, 0.2) is 0 Å². The quantitative estimate of drug-likeness (QED) is 0.709. The molecule has 0 aliphatic heterocycles. The Morgan fingerprint density at radius 3 is 2.55 bits per heavy atom. The van der Waals surface area contributed by atoms with Crippen molar-refractivity contribution in [3.8, 4) is 6.07 Å². The molecular formula is C17H24N2O. The lowest BCUT2D eigenvalue weighted by Gasteiger charge is -2.11. The van der Waals surface area contributed by atoms with Gasteiger partial charge in [-0.15, -0.1) is 0 Å². The third-order valence-electron chi connectivity index (χ3n) is 3.38. The molecule has 0 aromatic heterocycles. The number of rotatable bonds is 8. The van der Waals surface area contributed by atoms with Crippen LogP contribution in [-0.4, -0.2) is 5.91 Å². The number of nitriles is 1. The fourth-order valence-electron chi connectivity index (χ4n) is 2.18. The Bertz CT molecular complexity index is 445. The van der Waals surface area contributed by atoms with E-state index in [-0.39, 0.29) is 5.91 Å². The van der Waals surface area contributed by atoms with E-state index in [2.05, 4.69) is 25.2 Å². The lowest BCUT2D eigenvalue weighted by molar-refractivity contribution is -0.117. The fourth-order valence-corrected chi connectivity index (χ4v) is 2.18. The van der Waals surface area contributed by atoms with Crippen LogP contribution >= 0.6 is 0 Å². The molecule has 1 amide bonds. The molecule has 0 aliphatic rings. The normalized spacial score (nSPS) is 11.7. The molecule has 108 valence electrons. The first kappa shape index (κ1) is 16.2. The van der Waals surface area contributed by atoms with Crippen molar-refractivity contribution >= 4 is 11.6 Å². The Balaban J connectivity index is 2.29. The molecule has 0 aliphatic carbocycles. The van der Waals surface area contributed by atoms with Crippen molar-refractivity contribution in [1.29, 1.82) is 5.26 Å². The average Bonchev–Trinajstić information content (AvgIpc) is 2.44. The van der Waals surface area contributed by atoms with Crippen molar-refractivity contribution in [3.05, 3.63) is 29.8 Å². The summed E-state index contributed by atoms with van der Waals surface area (Å²) in [4.78, 5) is 11.9. The van der Waals surface area contributed by atoms with Gasteiger partial charge in [0.25, 0.3) is 0 Å². The first-order valence-corrected chi connectivity index (χ1v) is 7.45. The Labute approximate surface area is 122 Å². The number of unbranched alkanes of at least 4 members (excludes halogenated alkanes) is 3. The molecule has 0 saturated heterocycles. The van der Waals surface area contributed by atoms with Crippen LogP contribution in [0.3, 0.4) is 0 Å². The maximum absolute atomic E-state index is 11.9. The van der Waals surface area contributed by atoms with Crippen LogP contribution in [-0.2, 0) is 4.79 Å². The minimum atomic E-state index is 0.0534. The van der Waals surface area contributed by atoms with E-state index in [1.54, 1.807) is 24.3 Å². The molecule has 3 nitrogen and oxygen atoms in total. The molecule has 1 aromatic rings. The zero-order valence-electron chi connectivity index (χ0n) is 12.5. The maximum Gasteiger partial charge on any atom is 0.224 e. The molecule has 0 saturated carbocycles.